The number of para-hydroxylation sites is 2. The second-order valence-corrected chi connectivity index (χ2v) is 6.23. The Kier molecular flexibility index (Phi) is 3.55. The first kappa shape index (κ1) is 13.2. The first-order chi connectivity index (χ1) is 8.67. The third kappa shape index (κ3) is 2.08. The molecule has 0 fully saturated rings. The average Bonchev–Trinajstić information content (AvgIpc) is 2.64. The summed E-state index contributed by atoms with van der Waals surface area (Å²) in [6, 6.07) is 7.04. The van der Waals surface area contributed by atoms with Crippen molar-refractivity contribution < 1.29 is 13.6 Å². The van der Waals surface area contributed by atoms with Gasteiger partial charge in [0.05, 0.1) is 0 Å². The molecule has 0 N–H and O–H groups in total. The molecule has 94 valence electrons. The van der Waals surface area contributed by atoms with E-state index in [0.29, 0.717) is 11.5 Å². The van der Waals surface area contributed by atoms with Crippen molar-refractivity contribution in [3.63, 3.8) is 0 Å². The van der Waals surface area contributed by atoms with Crippen molar-refractivity contribution in [3.8, 4) is 11.5 Å². The second-order valence-electron chi connectivity index (χ2n) is 3.23. The van der Waals surface area contributed by atoms with Crippen LogP contribution in [0.3, 0.4) is 0 Å². The van der Waals surface area contributed by atoms with E-state index in [4.69, 9.17) is 13.6 Å². The van der Waals surface area contributed by atoms with Crippen LogP contribution >= 0.6 is 32.0 Å². The fourth-order valence-corrected chi connectivity index (χ4v) is 4.50. The number of hydrogen-bond donors (Lipinski definition) is 0. The number of hydrogen-bond acceptors (Lipinski definition) is 7. The van der Waals surface area contributed by atoms with Gasteiger partial charge in [0.2, 0.25) is 0 Å². The molecule has 8 heteroatoms. The zero-order valence-electron chi connectivity index (χ0n) is 9.40. The maximum absolute atomic E-state index is 5.70. The molecule has 1 heterocycles. The predicted octanol–water partition coefficient (Wildman–Crippen LogP) is 3.83. The Balaban J connectivity index is 2.61. The summed E-state index contributed by atoms with van der Waals surface area (Å²) in [7, 11) is -4.15. The fourth-order valence-electron chi connectivity index (χ4n) is 1.53. The molecule has 0 unspecified atom stereocenters. The third-order valence-electron chi connectivity index (χ3n) is 2.12. The van der Waals surface area contributed by atoms with E-state index >= 15 is 0 Å². The van der Waals surface area contributed by atoms with Gasteiger partial charge in [-0.1, -0.05) is 0 Å². The molecule has 0 saturated carbocycles. The molecule has 1 aliphatic heterocycles. The molecular weight excluding hydrogens is 291 g/mol. The first-order valence-corrected chi connectivity index (χ1v) is 7.75. The summed E-state index contributed by atoms with van der Waals surface area (Å²) in [6.45, 7) is 2.04. The van der Waals surface area contributed by atoms with Crippen LogP contribution in [0.15, 0.2) is 33.8 Å². The van der Waals surface area contributed by atoms with E-state index in [0.717, 1.165) is 0 Å². The zero-order valence-corrected chi connectivity index (χ0v) is 11.9. The van der Waals surface area contributed by atoms with Crippen LogP contribution in [0.5, 0.6) is 11.5 Å². The van der Waals surface area contributed by atoms with E-state index < -0.39 is 7.59 Å². The molecule has 0 saturated heterocycles. The van der Waals surface area contributed by atoms with Gasteiger partial charge in [0.15, 0.2) is 0 Å². The molecule has 1 aliphatic rings. The van der Waals surface area contributed by atoms with Crippen LogP contribution in [0, 0.1) is 0 Å². The Labute approximate surface area is 115 Å². The van der Waals surface area contributed by atoms with Crippen LogP contribution in [0.1, 0.15) is 6.92 Å². The van der Waals surface area contributed by atoms with Crippen LogP contribution < -0.4 is 9.05 Å². The van der Waals surface area contributed by atoms with Gasteiger partial charge in [-0.2, -0.15) is 0 Å². The quantitative estimate of drug-likeness (QED) is 0.480. The van der Waals surface area contributed by atoms with Gasteiger partial charge in [-0.3, -0.25) is 0 Å². The van der Waals surface area contributed by atoms with Gasteiger partial charge in [0, 0.05) is 0 Å². The van der Waals surface area contributed by atoms with Crippen molar-refractivity contribution in [2.75, 3.05) is 6.61 Å². The monoisotopic (exact) mass is 300 g/mol. The Morgan fingerprint density at radius 2 is 1.67 bits per heavy atom. The summed E-state index contributed by atoms with van der Waals surface area (Å²) in [4.78, 5) is 0. The van der Waals surface area contributed by atoms with Crippen molar-refractivity contribution in [3.05, 3.63) is 24.3 Å². The maximum atomic E-state index is 5.70. The molecule has 0 radical (unpaired) electrons. The molecule has 0 spiro atoms. The van der Waals surface area contributed by atoms with E-state index in [2.05, 4.69) is 44.3 Å². The minimum absolute atomic E-state index is 0.271. The molecule has 0 bridgehead atoms. The number of nitrogens with zero attached hydrogens (tertiary/aromatic N) is 2. The summed E-state index contributed by atoms with van der Waals surface area (Å²) in [5, 5.41) is 4.41. The summed E-state index contributed by atoms with van der Waals surface area (Å²) in [5.74, 6) is 0.957. The Hall–Kier alpha value is -1.19. The molecule has 0 aromatic heterocycles. The van der Waals surface area contributed by atoms with Crippen molar-refractivity contribution >= 4 is 42.3 Å². The van der Waals surface area contributed by atoms with E-state index in [9.17, 15) is 0 Å². The minimum atomic E-state index is -4.15. The van der Waals surface area contributed by atoms with Crippen LogP contribution in [0.25, 0.3) is 0 Å². The molecular formula is C10H9N2O3PS2. The third-order valence-corrected chi connectivity index (χ3v) is 5.16. The Bertz CT molecular complexity index is 535. The molecule has 18 heavy (non-hydrogen) atoms. The number of fused-ring (bicyclic) bond motifs is 1. The summed E-state index contributed by atoms with van der Waals surface area (Å²) >= 11 is 9.25. The van der Waals surface area contributed by atoms with Gasteiger partial charge in [0.25, 0.3) is 0 Å². The Morgan fingerprint density at radius 1 is 1.17 bits per heavy atom. The standard InChI is InChI=1S/C10H9N2O3PS2/c1-2-13-16(11-7-17,12-8-18)14-9-5-3-4-6-10(9)15-16/h3-6H,2H2,1H3. The van der Waals surface area contributed by atoms with Crippen molar-refractivity contribution in [1.29, 1.82) is 0 Å². The van der Waals surface area contributed by atoms with Gasteiger partial charge in [-0.25, -0.2) is 0 Å². The van der Waals surface area contributed by atoms with E-state index in [1.165, 1.54) is 0 Å². The number of thiocarbonyl (C=S) groups is 2. The van der Waals surface area contributed by atoms with E-state index in [-0.39, 0.29) is 6.61 Å². The molecule has 5 nitrogen and oxygen atoms in total. The molecule has 0 amide bonds. The SMILES string of the molecule is CCOP1(N=C=S)(N=C=S)Oc2ccccc2O1. The van der Waals surface area contributed by atoms with Gasteiger partial charge in [-0.15, -0.1) is 0 Å². The second kappa shape index (κ2) is 4.82. The Morgan fingerprint density at radius 3 is 2.06 bits per heavy atom. The first-order valence-electron chi connectivity index (χ1n) is 5.03. The number of benzene rings is 1. The summed E-state index contributed by atoms with van der Waals surface area (Å²) in [6.07, 6.45) is 0. The predicted molar refractivity (Wildman–Crippen MR) is 76.3 cm³/mol. The molecule has 0 atom stereocenters. The van der Waals surface area contributed by atoms with Crippen molar-refractivity contribution in [2.45, 2.75) is 6.92 Å². The number of isothiocyanates is 2. The molecule has 2 rings (SSSR count). The average molecular weight is 300 g/mol. The fraction of sp³-hybridized carbons (Fsp3) is 0.200. The molecule has 1 aromatic rings. The van der Waals surface area contributed by atoms with Crippen LogP contribution in [0.4, 0.5) is 0 Å². The van der Waals surface area contributed by atoms with Gasteiger partial charge >= 0.3 is 115 Å². The van der Waals surface area contributed by atoms with Crippen LogP contribution in [-0.4, -0.2) is 16.9 Å². The van der Waals surface area contributed by atoms with Crippen molar-refractivity contribution in [2.24, 2.45) is 9.53 Å². The van der Waals surface area contributed by atoms with Gasteiger partial charge < -0.3 is 0 Å². The topological polar surface area (TPSA) is 52.4 Å². The summed E-state index contributed by atoms with van der Waals surface area (Å²) in [5.41, 5.74) is 0. The zero-order chi connectivity index (χ0) is 13.1. The van der Waals surface area contributed by atoms with Gasteiger partial charge in [-0.05, 0) is 0 Å². The van der Waals surface area contributed by atoms with E-state index in [1.807, 2.05) is 0 Å². The van der Waals surface area contributed by atoms with Crippen LogP contribution in [-0.2, 0) is 4.52 Å². The van der Waals surface area contributed by atoms with Crippen molar-refractivity contribution in [1.82, 2.24) is 0 Å². The normalized spacial score (nSPS) is 19.7. The summed E-state index contributed by atoms with van der Waals surface area (Å²) < 4.78 is 24.8. The number of rotatable bonds is 4. The van der Waals surface area contributed by atoms with Crippen LogP contribution in [0.2, 0.25) is 0 Å². The van der Waals surface area contributed by atoms with Gasteiger partial charge in [0.1, 0.15) is 0 Å². The van der Waals surface area contributed by atoms with E-state index in [1.54, 1.807) is 31.2 Å². The molecule has 1 aromatic carbocycles. The molecule has 0 aliphatic carbocycles.